The Labute approximate surface area is 204 Å². The molecule has 6 nitrogen and oxygen atoms in total. The summed E-state index contributed by atoms with van der Waals surface area (Å²) in [6.45, 7) is 6.26. The van der Waals surface area contributed by atoms with Gasteiger partial charge in [0, 0.05) is 28.3 Å². The first kappa shape index (κ1) is 24.2. The molecule has 2 aromatic rings. The number of ether oxygens (including phenoxy) is 3. The molecule has 0 saturated heterocycles. The highest BCUT2D eigenvalue weighted by atomic mass is 32.1. The maximum atomic E-state index is 13.6. The van der Waals surface area contributed by atoms with Crippen molar-refractivity contribution < 1.29 is 23.8 Å². The third kappa shape index (κ3) is 5.10. The molecule has 2 atom stereocenters. The van der Waals surface area contributed by atoms with E-state index in [1.165, 1.54) is 0 Å². The molecular formula is C27H31NO5S. The minimum absolute atomic E-state index is 0.0484. The van der Waals surface area contributed by atoms with Crippen molar-refractivity contribution in [2.24, 2.45) is 0 Å². The Morgan fingerprint density at radius 1 is 1.18 bits per heavy atom. The highest BCUT2D eigenvalue weighted by Crippen LogP contribution is 2.46. The summed E-state index contributed by atoms with van der Waals surface area (Å²) in [5, 5.41) is 5.36. The van der Waals surface area contributed by atoms with E-state index in [0.29, 0.717) is 30.6 Å². The van der Waals surface area contributed by atoms with Gasteiger partial charge in [0.25, 0.3) is 0 Å². The SMILES string of the molecule is COc1cccc([C@H]2CC(=O)C3=C(C2)NC(C)=C(C(=O)OCCOC(C)C)[C@@H]3c2cccs2)c1. The van der Waals surface area contributed by atoms with Crippen molar-refractivity contribution in [3.8, 4) is 5.75 Å². The molecule has 1 aromatic heterocycles. The average Bonchev–Trinajstić information content (AvgIpc) is 3.35. The Bertz CT molecular complexity index is 1120. The van der Waals surface area contributed by atoms with Crippen LogP contribution in [0, 0.1) is 0 Å². The van der Waals surface area contributed by atoms with Gasteiger partial charge in [0.2, 0.25) is 0 Å². The van der Waals surface area contributed by atoms with Crippen LogP contribution in [0.15, 0.2) is 64.3 Å². The van der Waals surface area contributed by atoms with E-state index in [9.17, 15) is 9.59 Å². The van der Waals surface area contributed by atoms with E-state index in [2.05, 4.69) is 5.32 Å². The molecule has 1 aromatic carbocycles. The average molecular weight is 482 g/mol. The van der Waals surface area contributed by atoms with Crippen LogP contribution in [0.1, 0.15) is 55.9 Å². The van der Waals surface area contributed by atoms with Gasteiger partial charge in [-0.3, -0.25) is 4.79 Å². The van der Waals surface area contributed by atoms with Crippen LogP contribution in [-0.2, 0) is 19.1 Å². The normalized spacial score (nSPS) is 20.3. The molecule has 4 rings (SSSR count). The second-order valence-electron chi connectivity index (χ2n) is 8.86. The third-order valence-electron chi connectivity index (χ3n) is 6.21. The molecule has 0 unspecified atom stereocenters. The standard InChI is InChI=1S/C27H31NO5S/c1-16(2)32-10-11-33-27(30)24-17(3)28-21-14-19(18-7-5-8-20(13-18)31-4)15-22(29)25(21)26(24)23-9-6-12-34-23/h5-9,12-13,16,19,26,28H,10-11,14-15H2,1-4H3/t19-,26+/m1/s1. The molecule has 0 spiro atoms. The van der Waals surface area contributed by atoms with E-state index >= 15 is 0 Å². The molecule has 1 aliphatic carbocycles. The number of dihydropyridines is 1. The zero-order valence-corrected chi connectivity index (χ0v) is 20.9. The first-order valence-electron chi connectivity index (χ1n) is 11.6. The first-order valence-corrected chi connectivity index (χ1v) is 12.5. The van der Waals surface area contributed by atoms with Crippen molar-refractivity contribution in [3.63, 3.8) is 0 Å². The zero-order chi connectivity index (χ0) is 24.2. The topological polar surface area (TPSA) is 73.9 Å². The van der Waals surface area contributed by atoms with Gasteiger partial charge >= 0.3 is 5.97 Å². The number of allylic oxidation sites excluding steroid dienone is 3. The first-order chi connectivity index (χ1) is 16.4. The largest absolute Gasteiger partial charge is 0.497 e. The minimum atomic E-state index is -0.423. The molecule has 0 fully saturated rings. The summed E-state index contributed by atoms with van der Waals surface area (Å²) in [7, 11) is 1.64. The predicted molar refractivity (Wildman–Crippen MR) is 132 cm³/mol. The van der Waals surface area contributed by atoms with Gasteiger partial charge in [0.15, 0.2) is 5.78 Å². The number of thiophene rings is 1. The molecule has 1 N–H and O–H groups in total. The highest BCUT2D eigenvalue weighted by Gasteiger charge is 2.41. The van der Waals surface area contributed by atoms with Gasteiger partial charge in [0.05, 0.1) is 31.3 Å². The molecule has 0 saturated carbocycles. The number of methoxy groups -OCH3 is 1. The number of Topliss-reactive ketones (excluding diaryl/α,β-unsaturated/α-hetero) is 1. The highest BCUT2D eigenvalue weighted by molar-refractivity contribution is 7.10. The van der Waals surface area contributed by atoms with Crippen molar-refractivity contribution in [3.05, 3.63) is 74.8 Å². The van der Waals surface area contributed by atoms with Crippen LogP contribution in [0.2, 0.25) is 0 Å². The van der Waals surface area contributed by atoms with Crippen LogP contribution >= 0.6 is 11.3 Å². The number of rotatable bonds is 8. The number of hydrogen-bond acceptors (Lipinski definition) is 7. The molecule has 0 bridgehead atoms. The summed E-state index contributed by atoms with van der Waals surface area (Å²) in [4.78, 5) is 27.7. The lowest BCUT2D eigenvalue weighted by Crippen LogP contribution is -2.36. The number of esters is 1. The fourth-order valence-electron chi connectivity index (χ4n) is 4.68. The third-order valence-corrected chi connectivity index (χ3v) is 7.15. The Morgan fingerprint density at radius 3 is 2.71 bits per heavy atom. The molecule has 34 heavy (non-hydrogen) atoms. The van der Waals surface area contributed by atoms with E-state index in [1.807, 2.05) is 62.5 Å². The fraction of sp³-hybridized carbons (Fsp3) is 0.407. The van der Waals surface area contributed by atoms with E-state index in [0.717, 1.165) is 27.6 Å². The van der Waals surface area contributed by atoms with Crippen molar-refractivity contribution in [1.82, 2.24) is 5.32 Å². The van der Waals surface area contributed by atoms with Gasteiger partial charge in [-0.25, -0.2) is 4.79 Å². The van der Waals surface area contributed by atoms with Crippen molar-refractivity contribution >= 4 is 23.1 Å². The van der Waals surface area contributed by atoms with Crippen LogP contribution in [-0.4, -0.2) is 38.2 Å². The smallest absolute Gasteiger partial charge is 0.336 e. The summed E-state index contributed by atoms with van der Waals surface area (Å²) in [5.74, 6) is 0.0483. The predicted octanol–water partition coefficient (Wildman–Crippen LogP) is 5.09. The minimum Gasteiger partial charge on any atom is -0.497 e. The number of ketones is 1. The van der Waals surface area contributed by atoms with Crippen LogP contribution in [0.3, 0.4) is 0 Å². The lowest BCUT2D eigenvalue weighted by molar-refractivity contribution is -0.141. The summed E-state index contributed by atoms with van der Waals surface area (Å²) >= 11 is 1.55. The number of carbonyl (C=O) groups is 2. The molecule has 1 aliphatic heterocycles. The monoisotopic (exact) mass is 481 g/mol. The van der Waals surface area contributed by atoms with Crippen molar-refractivity contribution in [1.29, 1.82) is 0 Å². The Balaban J connectivity index is 1.63. The molecule has 0 amide bonds. The maximum Gasteiger partial charge on any atom is 0.336 e. The second-order valence-corrected chi connectivity index (χ2v) is 9.84. The van der Waals surface area contributed by atoms with Crippen LogP contribution in [0.5, 0.6) is 5.75 Å². The summed E-state index contributed by atoms with van der Waals surface area (Å²) in [5.41, 5.74) is 3.87. The van der Waals surface area contributed by atoms with E-state index in [4.69, 9.17) is 14.2 Å². The molecule has 7 heteroatoms. The van der Waals surface area contributed by atoms with E-state index in [1.54, 1.807) is 18.4 Å². The van der Waals surface area contributed by atoms with Crippen molar-refractivity contribution in [2.75, 3.05) is 20.3 Å². The molecule has 0 radical (unpaired) electrons. The van der Waals surface area contributed by atoms with Crippen LogP contribution < -0.4 is 10.1 Å². The van der Waals surface area contributed by atoms with Gasteiger partial charge in [-0.15, -0.1) is 11.3 Å². The lowest BCUT2D eigenvalue weighted by Gasteiger charge is -2.36. The van der Waals surface area contributed by atoms with E-state index in [-0.39, 0.29) is 24.4 Å². The van der Waals surface area contributed by atoms with Gasteiger partial charge in [-0.2, -0.15) is 0 Å². The summed E-state index contributed by atoms with van der Waals surface area (Å²) in [6, 6.07) is 11.8. The summed E-state index contributed by atoms with van der Waals surface area (Å²) in [6.07, 6.45) is 1.15. The molecule has 180 valence electrons. The number of carbonyl (C=O) groups excluding carboxylic acids is 2. The quantitative estimate of drug-likeness (QED) is 0.418. The lowest BCUT2D eigenvalue weighted by atomic mass is 9.73. The number of hydrogen-bond donors (Lipinski definition) is 1. The second kappa shape index (κ2) is 10.6. The zero-order valence-electron chi connectivity index (χ0n) is 20.1. The van der Waals surface area contributed by atoms with Gasteiger partial charge in [-0.1, -0.05) is 18.2 Å². The molecular weight excluding hydrogens is 450 g/mol. The Kier molecular flexibility index (Phi) is 7.54. The van der Waals surface area contributed by atoms with Crippen molar-refractivity contribution in [2.45, 2.75) is 51.6 Å². The van der Waals surface area contributed by atoms with E-state index < -0.39 is 11.9 Å². The van der Waals surface area contributed by atoms with Gasteiger partial charge in [-0.05, 0) is 62.3 Å². The molecule has 2 heterocycles. The molecule has 2 aliphatic rings. The Hall–Kier alpha value is -2.90. The Morgan fingerprint density at radius 2 is 2.00 bits per heavy atom. The fourth-order valence-corrected chi connectivity index (χ4v) is 5.52. The number of nitrogens with one attached hydrogen (secondary N) is 1. The van der Waals surface area contributed by atoms with Crippen LogP contribution in [0.25, 0.3) is 0 Å². The maximum absolute atomic E-state index is 13.6. The van der Waals surface area contributed by atoms with Crippen LogP contribution in [0.4, 0.5) is 0 Å². The van der Waals surface area contributed by atoms with Gasteiger partial charge in [0.1, 0.15) is 12.4 Å². The number of benzene rings is 1. The summed E-state index contributed by atoms with van der Waals surface area (Å²) < 4.78 is 16.4. The van der Waals surface area contributed by atoms with Gasteiger partial charge < -0.3 is 19.5 Å².